The smallest absolute Gasteiger partial charge is 0.326 e. The third kappa shape index (κ3) is 3.32. The predicted molar refractivity (Wildman–Crippen MR) is 91.6 cm³/mol. The number of aryl methyl sites for hydroxylation is 1. The number of aliphatic carboxylic acids is 1. The number of nitrogens with zero attached hydrogens (tertiary/aromatic N) is 1. The van der Waals surface area contributed by atoms with Crippen LogP contribution < -0.4 is 0 Å². The van der Waals surface area contributed by atoms with E-state index in [4.69, 9.17) is 0 Å². The molecule has 1 heterocycles. The zero-order valence-electron chi connectivity index (χ0n) is 13.7. The summed E-state index contributed by atoms with van der Waals surface area (Å²) in [4.78, 5) is 25.9. The summed E-state index contributed by atoms with van der Waals surface area (Å²) in [5.41, 5.74) is 4.16. The molecular weight excluding hydrogens is 302 g/mol. The van der Waals surface area contributed by atoms with Crippen molar-refractivity contribution in [1.82, 2.24) is 4.90 Å². The minimum absolute atomic E-state index is 0.134. The van der Waals surface area contributed by atoms with Crippen molar-refractivity contribution in [2.45, 2.75) is 38.8 Å². The topological polar surface area (TPSA) is 57.6 Å². The highest BCUT2D eigenvalue weighted by Crippen LogP contribution is 2.24. The molecule has 0 fully saturated rings. The van der Waals surface area contributed by atoms with Crippen LogP contribution in [0.3, 0.4) is 0 Å². The lowest BCUT2D eigenvalue weighted by Gasteiger charge is -2.34. The second-order valence-corrected chi connectivity index (χ2v) is 6.20. The standard InChI is InChI=1S/C20H21NO3/c1-2-14-6-5-7-15(10-14)11-19(22)21-13-17-9-4-3-8-16(17)12-18(21)20(23)24/h3-10,18H,2,11-13H2,1H3,(H,23,24). The number of hydrogen-bond acceptors (Lipinski definition) is 2. The number of carboxylic acid groups (broad SMARTS) is 1. The third-order valence-electron chi connectivity index (χ3n) is 4.61. The summed E-state index contributed by atoms with van der Waals surface area (Å²) >= 11 is 0. The fourth-order valence-corrected chi connectivity index (χ4v) is 3.24. The molecular formula is C20H21NO3. The summed E-state index contributed by atoms with van der Waals surface area (Å²) < 4.78 is 0. The highest BCUT2D eigenvalue weighted by atomic mass is 16.4. The predicted octanol–water partition coefficient (Wildman–Crippen LogP) is 2.83. The minimum atomic E-state index is -0.944. The van der Waals surface area contributed by atoms with Crippen LogP contribution in [0.4, 0.5) is 0 Å². The Morgan fingerprint density at radius 2 is 1.79 bits per heavy atom. The Balaban J connectivity index is 1.83. The number of carbonyl (C=O) groups is 2. The van der Waals surface area contributed by atoms with E-state index in [0.717, 1.165) is 23.1 Å². The first kappa shape index (κ1) is 16.2. The summed E-state index contributed by atoms with van der Waals surface area (Å²) in [7, 11) is 0. The van der Waals surface area contributed by atoms with Crippen molar-refractivity contribution in [3.05, 3.63) is 70.8 Å². The fourth-order valence-electron chi connectivity index (χ4n) is 3.24. The van der Waals surface area contributed by atoms with Crippen LogP contribution in [0, 0.1) is 0 Å². The highest BCUT2D eigenvalue weighted by Gasteiger charge is 2.34. The molecule has 1 amide bonds. The van der Waals surface area contributed by atoms with E-state index in [2.05, 4.69) is 6.92 Å². The first-order valence-corrected chi connectivity index (χ1v) is 8.25. The Bertz CT molecular complexity index is 769. The lowest BCUT2D eigenvalue weighted by Crippen LogP contribution is -2.49. The molecule has 2 aromatic carbocycles. The van der Waals surface area contributed by atoms with E-state index in [1.807, 2.05) is 48.5 Å². The van der Waals surface area contributed by atoms with Crippen LogP contribution in [0.5, 0.6) is 0 Å². The molecule has 0 saturated heterocycles. The van der Waals surface area contributed by atoms with Gasteiger partial charge in [-0.3, -0.25) is 4.79 Å². The molecule has 24 heavy (non-hydrogen) atoms. The zero-order valence-corrected chi connectivity index (χ0v) is 13.7. The van der Waals surface area contributed by atoms with Crippen molar-refractivity contribution in [3.8, 4) is 0 Å². The Hall–Kier alpha value is -2.62. The third-order valence-corrected chi connectivity index (χ3v) is 4.61. The summed E-state index contributed by atoms with van der Waals surface area (Å²) in [6, 6.07) is 14.9. The first-order chi connectivity index (χ1) is 11.6. The molecule has 0 aliphatic carbocycles. The lowest BCUT2D eigenvalue weighted by molar-refractivity contribution is -0.151. The van der Waals surface area contributed by atoms with Gasteiger partial charge in [0, 0.05) is 13.0 Å². The van der Waals surface area contributed by atoms with E-state index in [1.165, 1.54) is 10.5 Å². The fraction of sp³-hybridized carbons (Fsp3) is 0.300. The largest absolute Gasteiger partial charge is 0.480 e. The van der Waals surface area contributed by atoms with Gasteiger partial charge in [-0.15, -0.1) is 0 Å². The molecule has 0 bridgehead atoms. The van der Waals surface area contributed by atoms with Gasteiger partial charge in [0.05, 0.1) is 6.42 Å². The molecule has 4 nitrogen and oxygen atoms in total. The Morgan fingerprint density at radius 1 is 1.08 bits per heavy atom. The van der Waals surface area contributed by atoms with Crippen molar-refractivity contribution < 1.29 is 14.7 Å². The van der Waals surface area contributed by atoms with Crippen LogP contribution in [0.25, 0.3) is 0 Å². The van der Waals surface area contributed by atoms with Crippen LogP contribution in [0.1, 0.15) is 29.2 Å². The summed E-state index contributed by atoms with van der Waals surface area (Å²) in [6.45, 7) is 2.43. The maximum atomic E-state index is 12.8. The molecule has 1 N–H and O–H groups in total. The maximum Gasteiger partial charge on any atom is 0.326 e. The van der Waals surface area contributed by atoms with Gasteiger partial charge in [-0.25, -0.2) is 4.79 Å². The van der Waals surface area contributed by atoms with Crippen LogP contribution in [0.15, 0.2) is 48.5 Å². The molecule has 1 aliphatic heterocycles. The van der Waals surface area contributed by atoms with Crippen LogP contribution >= 0.6 is 0 Å². The molecule has 0 aromatic heterocycles. The normalized spacial score (nSPS) is 16.5. The van der Waals surface area contributed by atoms with E-state index in [-0.39, 0.29) is 12.3 Å². The first-order valence-electron chi connectivity index (χ1n) is 8.25. The summed E-state index contributed by atoms with van der Waals surface area (Å²) in [5.74, 6) is -1.08. The van der Waals surface area contributed by atoms with E-state index in [1.54, 1.807) is 0 Å². The molecule has 4 heteroatoms. The average Bonchev–Trinajstić information content (AvgIpc) is 2.60. The van der Waals surface area contributed by atoms with Gasteiger partial charge in [-0.05, 0) is 28.7 Å². The van der Waals surface area contributed by atoms with Crippen molar-refractivity contribution in [2.24, 2.45) is 0 Å². The number of benzene rings is 2. The summed E-state index contributed by atoms with van der Waals surface area (Å²) in [5, 5.41) is 9.54. The second kappa shape index (κ2) is 6.87. The van der Waals surface area contributed by atoms with Gasteiger partial charge in [-0.2, -0.15) is 0 Å². The highest BCUT2D eigenvalue weighted by molar-refractivity contribution is 5.85. The van der Waals surface area contributed by atoms with E-state index < -0.39 is 12.0 Å². The molecule has 0 spiro atoms. The van der Waals surface area contributed by atoms with Crippen LogP contribution in [0.2, 0.25) is 0 Å². The number of fused-ring (bicyclic) bond motifs is 1. The van der Waals surface area contributed by atoms with Crippen LogP contribution in [-0.2, 0) is 35.4 Å². The van der Waals surface area contributed by atoms with Crippen molar-refractivity contribution in [1.29, 1.82) is 0 Å². The molecule has 2 aromatic rings. The Labute approximate surface area is 141 Å². The van der Waals surface area contributed by atoms with Crippen LogP contribution in [-0.4, -0.2) is 27.9 Å². The van der Waals surface area contributed by atoms with Gasteiger partial charge >= 0.3 is 5.97 Å². The molecule has 0 saturated carbocycles. The molecule has 1 unspecified atom stereocenters. The van der Waals surface area contributed by atoms with Crippen molar-refractivity contribution >= 4 is 11.9 Å². The number of carbonyl (C=O) groups excluding carboxylic acids is 1. The van der Waals surface area contributed by atoms with E-state index in [0.29, 0.717) is 13.0 Å². The molecule has 1 aliphatic rings. The van der Waals surface area contributed by atoms with Gasteiger partial charge in [0.1, 0.15) is 6.04 Å². The average molecular weight is 323 g/mol. The van der Waals surface area contributed by atoms with Crippen molar-refractivity contribution in [3.63, 3.8) is 0 Å². The molecule has 0 radical (unpaired) electrons. The molecule has 124 valence electrons. The maximum absolute atomic E-state index is 12.8. The van der Waals surface area contributed by atoms with Gasteiger partial charge in [0.15, 0.2) is 0 Å². The van der Waals surface area contributed by atoms with Gasteiger partial charge in [-0.1, -0.05) is 55.5 Å². The summed E-state index contributed by atoms with van der Waals surface area (Å²) in [6.07, 6.45) is 1.52. The second-order valence-electron chi connectivity index (χ2n) is 6.20. The Kier molecular flexibility index (Phi) is 4.65. The monoisotopic (exact) mass is 323 g/mol. The van der Waals surface area contributed by atoms with E-state index >= 15 is 0 Å². The lowest BCUT2D eigenvalue weighted by atomic mass is 9.93. The number of amides is 1. The zero-order chi connectivity index (χ0) is 17.1. The SMILES string of the molecule is CCc1cccc(CC(=O)N2Cc3ccccc3CC2C(=O)O)c1. The van der Waals surface area contributed by atoms with Gasteiger partial charge < -0.3 is 10.0 Å². The Morgan fingerprint density at radius 3 is 2.50 bits per heavy atom. The number of hydrogen-bond donors (Lipinski definition) is 1. The molecule has 1 atom stereocenters. The minimum Gasteiger partial charge on any atom is -0.480 e. The van der Waals surface area contributed by atoms with E-state index in [9.17, 15) is 14.7 Å². The molecule has 3 rings (SSSR count). The number of rotatable bonds is 4. The quantitative estimate of drug-likeness (QED) is 0.941. The van der Waals surface area contributed by atoms with Gasteiger partial charge in [0.2, 0.25) is 5.91 Å². The number of carboxylic acids is 1. The van der Waals surface area contributed by atoms with Crippen molar-refractivity contribution in [2.75, 3.05) is 0 Å². The van der Waals surface area contributed by atoms with Gasteiger partial charge in [0.25, 0.3) is 0 Å².